The predicted octanol–water partition coefficient (Wildman–Crippen LogP) is 3.81. The van der Waals surface area contributed by atoms with E-state index in [2.05, 4.69) is 35.2 Å². The number of anilines is 3. The third-order valence-electron chi connectivity index (χ3n) is 4.79. The second-order valence-corrected chi connectivity index (χ2v) is 10.2. The molecule has 150 valence electrons. The van der Waals surface area contributed by atoms with Gasteiger partial charge in [-0.15, -0.1) is 0 Å². The van der Waals surface area contributed by atoms with E-state index in [-0.39, 0.29) is 22.5 Å². The monoisotopic (exact) mass is 531 g/mol. The number of rotatable bonds is 4. The van der Waals surface area contributed by atoms with Crippen LogP contribution in [0.1, 0.15) is 3.58 Å². The van der Waals surface area contributed by atoms with E-state index in [4.69, 9.17) is 12.2 Å². The molecule has 0 saturated carbocycles. The first-order valence-electron chi connectivity index (χ1n) is 9.29. The Balaban J connectivity index is 1.73. The molecule has 0 aliphatic carbocycles. The van der Waals surface area contributed by atoms with Crippen molar-refractivity contribution in [3.05, 3.63) is 81.9 Å². The van der Waals surface area contributed by atoms with Gasteiger partial charge in [0.25, 0.3) is 0 Å². The number of para-hydroxylation sites is 2. The average Bonchev–Trinajstić information content (AvgIpc) is 3.24. The molecule has 0 atom stereocenters. The molecule has 1 aliphatic rings. The van der Waals surface area contributed by atoms with E-state index in [9.17, 15) is 9.59 Å². The number of hydrogen-bond donors (Lipinski definition) is 0. The summed E-state index contributed by atoms with van der Waals surface area (Å²) in [7, 11) is 3.19. The number of benzene rings is 2. The Morgan fingerprint density at radius 2 is 1.30 bits per heavy atom. The van der Waals surface area contributed by atoms with Gasteiger partial charge in [0, 0.05) is 0 Å². The molecular formula is C23H19N3O2STe. The van der Waals surface area contributed by atoms with E-state index in [0.29, 0.717) is 0 Å². The molecule has 0 spiro atoms. The van der Waals surface area contributed by atoms with Gasteiger partial charge in [-0.3, -0.25) is 0 Å². The summed E-state index contributed by atoms with van der Waals surface area (Å²) in [6.45, 7) is 0. The Morgan fingerprint density at radius 3 is 1.80 bits per heavy atom. The summed E-state index contributed by atoms with van der Waals surface area (Å²) < 4.78 is 2.22. The van der Waals surface area contributed by atoms with Gasteiger partial charge < -0.3 is 0 Å². The Kier molecular flexibility index (Phi) is 5.87. The van der Waals surface area contributed by atoms with E-state index < -0.39 is 20.4 Å². The molecule has 30 heavy (non-hydrogen) atoms. The normalized spacial score (nSPS) is 14.3. The summed E-state index contributed by atoms with van der Waals surface area (Å²) in [5, 5.41) is 0.220. The summed E-state index contributed by atoms with van der Waals surface area (Å²) in [4.78, 5) is 30.2. The van der Waals surface area contributed by atoms with Crippen molar-refractivity contribution in [2.75, 3.05) is 19.0 Å². The Hall–Kier alpha value is -2.72. The van der Waals surface area contributed by atoms with Gasteiger partial charge in [-0.05, 0) is 0 Å². The molecule has 0 N–H and O–H groups in total. The van der Waals surface area contributed by atoms with Crippen LogP contribution in [0.2, 0.25) is 0 Å². The molecule has 5 nitrogen and oxygen atoms in total. The fourth-order valence-corrected chi connectivity index (χ4v) is 6.21. The van der Waals surface area contributed by atoms with Crippen molar-refractivity contribution >= 4 is 70.7 Å². The van der Waals surface area contributed by atoms with Gasteiger partial charge in [-0.25, -0.2) is 0 Å². The summed E-state index contributed by atoms with van der Waals surface area (Å²) in [6.07, 6.45) is 1.74. The fourth-order valence-electron chi connectivity index (χ4n) is 3.21. The first-order chi connectivity index (χ1) is 14.5. The minimum absolute atomic E-state index is 0.158. The first-order valence-corrected chi connectivity index (χ1v) is 12.0. The van der Waals surface area contributed by atoms with Crippen molar-refractivity contribution in [2.24, 2.45) is 0 Å². The van der Waals surface area contributed by atoms with Gasteiger partial charge in [-0.2, -0.15) is 0 Å². The topological polar surface area (TPSA) is 43.9 Å². The molecule has 3 aromatic rings. The van der Waals surface area contributed by atoms with Crippen LogP contribution in [0.4, 0.5) is 15.1 Å². The van der Waals surface area contributed by atoms with Crippen LogP contribution >= 0.6 is 12.2 Å². The molecule has 1 aliphatic heterocycles. The van der Waals surface area contributed by atoms with E-state index in [1.807, 2.05) is 42.5 Å². The van der Waals surface area contributed by atoms with Gasteiger partial charge in [0.15, 0.2) is 0 Å². The number of amides is 2. The Morgan fingerprint density at radius 1 is 0.800 bits per heavy atom. The van der Waals surface area contributed by atoms with Crippen molar-refractivity contribution < 1.29 is 9.59 Å². The van der Waals surface area contributed by atoms with Crippen LogP contribution in [-0.2, 0) is 9.59 Å². The second-order valence-electron chi connectivity index (χ2n) is 6.75. The van der Waals surface area contributed by atoms with Gasteiger partial charge in [0.1, 0.15) is 0 Å². The van der Waals surface area contributed by atoms with E-state index in [1.54, 1.807) is 20.2 Å². The molecule has 0 bridgehead atoms. The summed E-state index contributed by atoms with van der Waals surface area (Å²) >= 11 is 4.35. The van der Waals surface area contributed by atoms with E-state index >= 15 is 0 Å². The molecular weight excluding hydrogens is 510 g/mol. The summed E-state index contributed by atoms with van der Waals surface area (Å²) in [6, 6.07) is 24.5. The van der Waals surface area contributed by atoms with Crippen molar-refractivity contribution in [3.8, 4) is 0 Å². The van der Waals surface area contributed by atoms with Crippen LogP contribution in [-0.4, -0.2) is 61.3 Å². The minimum atomic E-state index is -0.807. The standard InChI is InChI=1S/C23H19N3O2STe/c1-24-21(27)19(22(28)25(2)23(24)29)15-18-13-14-20(30-18)26(16-9-5-3-6-10-16)17-11-7-4-8-12-17/h3-15H,1-2H3. The molecule has 4 rings (SSSR count). The number of likely N-dealkylation sites (N-methyl/N-ethyl adjacent to an activating group) is 2. The predicted molar refractivity (Wildman–Crippen MR) is 124 cm³/mol. The van der Waals surface area contributed by atoms with Crippen LogP contribution in [0.25, 0.3) is 6.08 Å². The molecule has 0 unspecified atom stereocenters. The molecule has 0 radical (unpaired) electrons. The van der Waals surface area contributed by atoms with Crippen molar-refractivity contribution in [3.63, 3.8) is 0 Å². The molecule has 7 heteroatoms. The second kappa shape index (κ2) is 8.57. The maximum atomic E-state index is 12.6. The number of hydrogen-bond acceptors (Lipinski definition) is 4. The zero-order valence-corrected chi connectivity index (χ0v) is 19.6. The van der Waals surface area contributed by atoms with Gasteiger partial charge >= 0.3 is 191 Å². The third kappa shape index (κ3) is 3.84. The van der Waals surface area contributed by atoms with E-state index in [0.717, 1.165) is 15.0 Å². The number of carbonyl (C=O) groups is 2. The third-order valence-corrected chi connectivity index (χ3v) is 8.24. The summed E-state index contributed by atoms with van der Waals surface area (Å²) in [5.74, 6) is -0.708. The molecule has 1 aromatic heterocycles. The van der Waals surface area contributed by atoms with Crippen molar-refractivity contribution in [1.82, 2.24) is 9.80 Å². The summed E-state index contributed by atoms with van der Waals surface area (Å²) in [5.41, 5.74) is 2.32. The molecule has 2 aromatic carbocycles. The number of nitrogens with zero attached hydrogens (tertiary/aromatic N) is 3. The van der Waals surface area contributed by atoms with Crippen molar-refractivity contribution in [2.45, 2.75) is 0 Å². The van der Waals surface area contributed by atoms with Crippen LogP contribution in [0, 0.1) is 0 Å². The Bertz CT molecular complexity index is 1080. The fraction of sp³-hybridized carbons (Fsp3) is 0.0870. The first kappa shape index (κ1) is 20.5. The molecule has 2 amide bonds. The van der Waals surface area contributed by atoms with Crippen LogP contribution in [0.15, 0.2) is 78.4 Å². The molecule has 1 saturated heterocycles. The van der Waals surface area contributed by atoms with Gasteiger partial charge in [-0.1, -0.05) is 0 Å². The van der Waals surface area contributed by atoms with Crippen LogP contribution in [0.3, 0.4) is 0 Å². The molecule has 1 fully saturated rings. The number of thiocarbonyl (C=S) groups is 1. The van der Waals surface area contributed by atoms with Crippen LogP contribution in [0.5, 0.6) is 0 Å². The number of carbonyl (C=O) groups excluding carboxylic acids is 2. The van der Waals surface area contributed by atoms with E-state index in [1.165, 1.54) is 13.5 Å². The SMILES string of the molecule is CN1C(=O)C(=Cc2ccc(N(c3ccccc3)c3ccccc3)[te]2)C(=O)N(C)C1=S. The quantitative estimate of drug-likeness (QED) is 0.223. The maximum absolute atomic E-state index is 12.6. The van der Waals surface area contributed by atoms with Crippen molar-refractivity contribution in [1.29, 1.82) is 0 Å². The Labute approximate surface area is 190 Å². The van der Waals surface area contributed by atoms with Gasteiger partial charge in [0.05, 0.1) is 0 Å². The average molecular weight is 529 g/mol. The zero-order valence-electron chi connectivity index (χ0n) is 16.5. The van der Waals surface area contributed by atoms with Gasteiger partial charge in [0.2, 0.25) is 0 Å². The zero-order chi connectivity index (χ0) is 21.3. The van der Waals surface area contributed by atoms with Crippen LogP contribution < -0.4 is 4.90 Å². The molecule has 2 heterocycles.